The molecule has 1 aromatic heterocycles. The number of nitrogens with one attached hydrogen (secondary N) is 1. The number of halogens is 2. The summed E-state index contributed by atoms with van der Waals surface area (Å²) in [5.41, 5.74) is 3.54. The molecule has 110 valence electrons. The van der Waals surface area contributed by atoms with E-state index in [4.69, 9.17) is 23.2 Å². The molecule has 1 amide bonds. The maximum Gasteiger partial charge on any atom is 0.255 e. The fourth-order valence-corrected chi connectivity index (χ4v) is 2.42. The van der Waals surface area contributed by atoms with Crippen LogP contribution in [-0.4, -0.2) is 16.1 Å². The minimum absolute atomic E-state index is 0.0325. The molecule has 0 saturated heterocycles. The molecule has 2 rings (SSSR count). The standard InChI is InChI=1S/C15H15Cl2N3O/c1-8-4-5-9(2)11(6-8)10(3)18-15(21)12-7-13(16)19-20-14(12)17/h4-7,10H,1-3H3,(H,18,21). The molecule has 1 unspecified atom stereocenters. The van der Waals surface area contributed by atoms with E-state index in [2.05, 4.69) is 21.6 Å². The minimum atomic E-state index is -0.329. The summed E-state index contributed by atoms with van der Waals surface area (Å²) in [6.07, 6.45) is 0. The summed E-state index contributed by atoms with van der Waals surface area (Å²) < 4.78 is 0. The number of aryl methyl sites for hydroxylation is 2. The fraction of sp³-hybridized carbons (Fsp3) is 0.267. The van der Waals surface area contributed by atoms with Crippen LogP contribution in [0.3, 0.4) is 0 Å². The van der Waals surface area contributed by atoms with Crippen molar-refractivity contribution in [3.05, 3.63) is 56.8 Å². The molecule has 1 atom stereocenters. The number of amides is 1. The highest BCUT2D eigenvalue weighted by Gasteiger charge is 2.17. The molecular weight excluding hydrogens is 309 g/mol. The smallest absolute Gasteiger partial charge is 0.255 e. The first-order valence-corrected chi connectivity index (χ1v) is 7.21. The van der Waals surface area contributed by atoms with E-state index in [0.717, 1.165) is 16.7 Å². The average molecular weight is 324 g/mol. The predicted molar refractivity (Wildman–Crippen MR) is 83.8 cm³/mol. The van der Waals surface area contributed by atoms with E-state index < -0.39 is 0 Å². The molecule has 1 aromatic carbocycles. The Morgan fingerprint density at radius 3 is 2.62 bits per heavy atom. The van der Waals surface area contributed by atoms with Crippen LogP contribution >= 0.6 is 23.2 Å². The number of hydrogen-bond donors (Lipinski definition) is 1. The Kier molecular flexibility index (Phi) is 4.80. The normalized spacial score (nSPS) is 12.0. The van der Waals surface area contributed by atoms with Gasteiger partial charge in [0, 0.05) is 0 Å². The predicted octanol–water partition coefficient (Wildman–Crippen LogP) is 3.89. The molecule has 0 fully saturated rings. The molecular formula is C15H15Cl2N3O. The lowest BCUT2D eigenvalue weighted by molar-refractivity contribution is 0.0939. The second kappa shape index (κ2) is 6.41. The topological polar surface area (TPSA) is 54.9 Å². The molecule has 2 aromatic rings. The first-order valence-electron chi connectivity index (χ1n) is 6.45. The van der Waals surface area contributed by atoms with Crippen molar-refractivity contribution in [3.63, 3.8) is 0 Å². The third kappa shape index (κ3) is 3.71. The number of carbonyl (C=O) groups excluding carboxylic acids is 1. The van der Waals surface area contributed by atoms with Gasteiger partial charge < -0.3 is 5.32 Å². The van der Waals surface area contributed by atoms with E-state index in [9.17, 15) is 4.79 Å². The van der Waals surface area contributed by atoms with Gasteiger partial charge in [0.05, 0.1) is 11.6 Å². The van der Waals surface area contributed by atoms with Crippen LogP contribution in [0.15, 0.2) is 24.3 Å². The lowest BCUT2D eigenvalue weighted by atomic mass is 10.00. The van der Waals surface area contributed by atoms with E-state index >= 15 is 0 Å². The largest absolute Gasteiger partial charge is 0.345 e. The van der Waals surface area contributed by atoms with Crippen LogP contribution in [0, 0.1) is 13.8 Å². The van der Waals surface area contributed by atoms with E-state index in [1.54, 1.807) is 0 Å². The third-order valence-corrected chi connectivity index (χ3v) is 3.68. The number of aromatic nitrogens is 2. The van der Waals surface area contributed by atoms with Crippen LogP contribution in [-0.2, 0) is 0 Å². The van der Waals surface area contributed by atoms with Gasteiger partial charge in [0.15, 0.2) is 10.3 Å². The first-order chi connectivity index (χ1) is 9.88. The molecule has 0 aliphatic heterocycles. The molecule has 0 bridgehead atoms. The van der Waals surface area contributed by atoms with Gasteiger partial charge in [-0.15, -0.1) is 10.2 Å². The van der Waals surface area contributed by atoms with Crippen molar-refractivity contribution in [1.82, 2.24) is 15.5 Å². The summed E-state index contributed by atoms with van der Waals surface area (Å²) in [5.74, 6) is -0.329. The first kappa shape index (κ1) is 15.7. The van der Waals surface area contributed by atoms with Gasteiger partial charge in [0.1, 0.15) is 0 Å². The van der Waals surface area contributed by atoms with Gasteiger partial charge in [-0.25, -0.2) is 0 Å². The summed E-state index contributed by atoms with van der Waals surface area (Å²) in [5, 5.41) is 10.3. The molecule has 0 aliphatic rings. The monoisotopic (exact) mass is 323 g/mol. The Balaban J connectivity index is 2.23. The maximum absolute atomic E-state index is 12.3. The van der Waals surface area contributed by atoms with Gasteiger partial charge in [0.25, 0.3) is 5.91 Å². The van der Waals surface area contributed by atoms with Gasteiger partial charge in [-0.2, -0.15) is 0 Å². The van der Waals surface area contributed by atoms with Gasteiger partial charge >= 0.3 is 0 Å². The second-order valence-electron chi connectivity index (χ2n) is 4.93. The van der Waals surface area contributed by atoms with Crippen LogP contribution in [0.1, 0.15) is 40.0 Å². The number of rotatable bonds is 3. The van der Waals surface area contributed by atoms with Crippen molar-refractivity contribution in [2.24, 2.45) is 0 Å². The van der Waals surface area contributed by atoms with Crippen LogP contribution in [0.2, 0.25) is 10.3 Å². The van der Waals surface area contributed by atoms with Crippen LogP contribution < -0.4 is 5.32 Å². The Hall–Kier alpha value is -1.65. The molecule has 1 N–H and O–H groups in total. The van der Waals surface area contributed by atoms with Crippen molar-refractivity contribution >= 4 is 29.1 Å². The van der Waals surface area contributed by atoms with E-state index in [1.165, 1.54) is 6.07 Å². The molecule has 0 radical (unpaired) electrons. The van der Waals surface area contributed by atoms with Crippen molar-refractivity contribution < 1.29 is 4.79 Å². The zero-order valence-electron chi connectivity index (χ0n) is 11.9. The Morgan fingerprint density at radius 1 is 1.19 bits per heavy atom. The van der Waals surface area contributed by atoms with Crippen LogP contribution in [0.5, 0.6) is 0 Å². The molecule has 4 nitrogen and oxygen atoms in total. The average Bonchev–Trinajstić information content (AvgIpc) is 2.43. The number of hydrogen-bond acceptors (Lipinski definition) is 3. The SMILES string of the molecule is Cc1ccc(C)c(C(C)NC(=O)c2cc(Cl)nnc2Cl)c1. The Morgan fingerprint density at radius 2 is 1.90 bits per heavy atom. The van der Waals surface area contributed by atoms with Crippen molar-refractivity contribution in [3.8, 4) is 0 Å². The van der Waals surface area contributed by atoms with Gasteiger partial charge in [-0.3, -0.25) is 4.79 Å². The van der Waals surface area contributed by atoms with Gasteiger partial charge in [0.2, 0.25) is 0 Å². The van der Waals surface area contributed by atoms with Crippen molar-refractivity contribution in [2.45, 2.75) is 26.8 Å². The minimum Gasteiger partial charge on any atom is -0.345 e. The van der Waals surface area contributed by atoms with Gasteiger partial charge in [-0.05, 0) is 38.0 Å². The van der Waals surface area contributed by atoms with Gasteiger partial charge in [-0.1, -0.05) is 47.0 Å². The molecule has 0 saturated carbocycles. The van der Waals surface area contributed by atoms with E-state index in [1.807, 2.05) is 32.9 Å². The zero-order valence-corrected chi connectivity index (χ0v) is 13.5. The number of benzene rings is 1. The lowest BCUT2D eigenvalue weighted by Crippen LogP contribution is -2.27. The van der Waals surface area contributed by atoms with Crippen molar-refractivity contribution in [1.29, 1.82) is 0 Å². The van der Waals surface area contributed by atoms with Crippen LogP contribution in [0.4, 0.5) is 0 Å². The summed E-state index contributed by atoms with van der Waals surface area (Å²) in [6.45, 7) is 5.94. The lowest BCUT2D eigenvalue weighted by Gasteiger charge is -2.17. The Bertz CT molecular complexity index is 689. The Labute approximate surface area is 133 Å². The summed E-state index contributed by atoms with van der Waals surface area (Å²) in [6, 6.07) is 7.38. The summed E-state index contributed by atoms with van der Waals surface area (Å²) in [4.78, 5) is 12.3. The quantitative estimate of drug-likeness (QED) is 0.932. The van der Waals surface area contributed by atoms with E-state index in [0.29, 0.717) is 0 Å². The molecule has 21 heavy (non-hydrogen) atoms. The van der Waals surface area contributed by atoms with Crippen LogP contribution in [0.25, 0.3) is 0 Å². The summed E-state index contributed by atoms with van der Waals surface area (Å²) in [7, 11) is 0. The maximum atomic E-state index is 12.3. The highest BCUT2D eigenvalue weighted by molar-refractivity contribution is 6.34. The zero-order chi connectivity index (χ0) is 15.6. The second-order valence-corrected chi connectivity index (χ2v) is 5.67. The third-order valence-electron chi connectivity index (χ3n) is 3.21. The van der Waals surface area contributed by atoms with E-state index in [-0.39, 0.29) is 27.8 Å². The molecule has 6 heteroatoms. The number of nitrogens with zero attached hydrogens (tertiary/aromatic N) is 2. The molecule has 0 aliphatic carbocycles. The number of carbonyl (C=O) groups is 1. The highest BCUT2D eigenvalue weighted by atomic mass is 35.5. The molecule has 1 heterocycles. The summed E-state index contributed by atoms with van der Waals surface area (Å²) >= 11 is 11.6. The fourth-order valence-electron chi connectivity index (χ4n) is 2.09. The highest BCUT2D eigenvalue weighted by Crippen LogP contribution is 2.21. The molecule has 0 spiro atoms. The van der Waals surface area contributed by atoms with Crippen molar-refractivity contribution in [2.75, 3.05) is 0 Å².